The van der Waals surface area contributed by atoms with E-state index in [1.807, 2.05) is 24.3 Å². The Morgan fingerprint density at radius 1 is 0.897 bits per heavy atom. The molecule has 0 fully saturated rings. The molecule has 0 atom stereocenters. The van der Waals surface area contributed by atoms with E-state index in [0.29, 0.717) is 22.8 Å². The summed E-state index contributed by atoms with van der Waals surface area (Å²) >= 11 is 0. The molecule has 7 nitrogen and oxygen atoms in total. The van der Waals surface area contributed by atoms with Crippen molar-refractivity contribution in [2.24, 2.45) is 5.10 Å². The van der Waals surface area contributed by atoms with Gasteiger partial charge in [-0.05, 0) is 48.5 Å². The van der Waals surface area contributed by atoms with E-state index in [2.05, 4.69) is 15.5 Å². The van der Waals surface area contributed by atoms with Crippen LogP contribution in [0.4, 0.5) is 0 Å². The van der Waals surface area contributed by atoms with Crippen LogP contribution in [-0.4, -0.2) is 38.4 Å². The van der Waals surface area contributed by atoms with Crippen molar-refractivity contribution in [2.75, 3.05) is 21.3 Å². The fourth-order valence-electron chi connectivity index (χ4n) is 2.63. The second kappa shape index (κ2) is 9.36. The van der Waals surface area contributed by atoms with Gasteiger partial charge in [0.1, 0.15) is 17.2 Å². The summed E-state index contributed by atoms with van der Waals surface area (Å²) in [5.74, 6) is 1.69. The zero-order valence-electron chi connectivity index (χ0n) is 16.4. The third-order valence-corrected chi connectivity index (χ3v) is 4.16. The number of nitrogens with one attached hydrogen (secondary N) is 1. The number of methoxy groups -OCH3 is 3. The number of carbonyl (C=O) groups is 1. The highest BCUT2D eigenvalue weighted by molar-refractivity contribution is 5.95. The molecular weight excluding hydrogens is 370 g/mol. The van der Waals surface area contributed by atoms with E-state index in [4.69, 9.17) is 14.2 Å². The quantitative estimate of drug-likeness (QED) is 0.492. The fraction of sp³-hybridized carbons (Fsp3) is 0.136. The van der Waals surface area contributed by atoms with E-state index < -0.39 is 0 Å². The molecule has 1 aromatic heterocycles. The number of hydrazone groups is 1. The van der Waals surface area contributed by atoms with Crippen LogP contribution < -0.4 is 19.6 Å². The number of benzene rings is 2. The maximum Gasteiger partial charge on any atom is 0.271 e. The predicted octanol–water partition coefficient (Wildman–Crippen LogP) is 3.54. The lowest BCUT2D eigenvalue weighted by Crippen LogP contribution is -2.17. The van der Waals surface area contributed by atoms with Crippen LogP contribution in [0.3, 0.4) is 0 Å². The Labute approximate surface area is 169 Å². The molecule has 1 N–H and O–H groups in total. The molecule has 7 heteroatoms. The van der Waals surface area contributed by atoms with Crippen LogP contribution in [0, 0.1) is 0 Å². The van der Waals surface area contributed by atoms with Crippen LogP contribution in [0.2, 0.25) is 0 Å². The normalized spacial score (nSPS) is 10.6. The van der Waals surface area contributed by atoms with Gasteiger partial charge in [0.2, 0.25) is 0 Å². The third-order valence-electron chi connectivity index (χ3n) is 4.16. The van der Waals surface area contributed by atoms with Crippen molar-refractivity contribution in [1.29, 1.82) is 0 Å². The molecule has 1 heterocycles. The number of amides is 1. The number of carbonyl (C=O) groups excluding carboxylic acids is 1. The summed E-state index contributed by atoms with van der Waals surface area (Å²) in [6.07, 6.45) is 3.11. The summed E-state index contributed by atoms with van der Waals surface area (Å²) < 4.78 is 15.6. The summed E-state index contributed by atoms with van der Waals surface area (Å²) in [5.41, 5.74) is 5.27. The molecule has 1 amide bonds. The van der Waals surface area contributed by atoms with Gasteiger partial charge in [0.25, 0.3) is 5.91 Å². The van der Waals surface area contributed by atoms with Crippen molar-refractivity contribution in [1.82, 2.24) is 10.4 Å². The first-order chi connectivity index (χ1) is 14.1. The second-order valence-corrected chi connectivity index (χ2v) is 6.00. The Morgan fingerprint density at radius 3 is 2.17 bits per heavy atom. The van der Waals surface area contributed by atoms with Gasteiger partial charge >= 0.3 is 0 Å². The number of hydrogen-bond acceptors (Lipinski definition) is 6. The van der Waals surface area contributed by atoms with Crippen molar-refractivity contribution < 1.29 is 19.0 Å². The molecular formula is C22H21N3O4. The molecule has 3 rings (SSSR count). The topological polar surface area (TPSA) is 82.0 Å². The van der Waals surface area contributed by atoms with Crippen molar-refractivity contribution in [3.05, 3.63) is 71.9 Å². The van der Waals surface area contributed by atoms with E-state index in [-0.39, 0.29) is 5.91 Å². The average Bonchev–Trinajstić information content (AvgIpc) is 2.78. The van der Waals surface area contributed by atoms with Gasteiger partial charge in [0, 0.05) is 29.0 Å². The summed E-state index contributed by atoms with van der Waals surface area (Å²) in [4.78, 5) is 16.8. The van der Waals surface area contributed by atoms with Gasteiger partial charge in [-0.2, -0.15) is 5.10 Å². The van der Waals surface area contributed by atoms with Gasteiger partial charge in [-0.1, -0.05) is 0 Å². The lowest BCUT2D eigenvalue weighted by atomic mass is 10.1. The fourth-order valence-corrected chi connectivity index (χ4v) is 2.63. The Hall–Kier alpha value is -3.87. The number of pyridine rings is 1. The highest BCUT2D eigenvalue weighted by Gasteiger charge is 2.08. The molecule has 0 unspecified atom stereocenters. The highest BCUT2D eigenvalue weighted by atomic mass is 16.5. The summed E-state index contributed by atoms with van der Waals surface area (Å²) in [6, 6.07) is 16.1. The molecule has 0 aliphatic heterocycles. The maximum absolute atomic E-state index is 12.4. The first kappa shape index (κ1) is 19.9. The van der Waals surface area contributed by atoms with Crippen LogP contribution in [0.25, 0.3) is 11.3 Å². The van der Waals surface area contributed by atoms with Crippen molar-refractivity contribution in [2.45, 2.75) is 0 Å². The molecule has 0 bridgehead atoms. The van der Waals surface area contributed by atoms with E-state index >= 15 is 0 Å². The zero-order valence-corrected chi connectivity index (χ0v) is 16.4. The molecule has 0 saturated heterocycles. The van der Waals surface area contributed by atoms with E-state index in [0.717, 1.165) is 16.9 Å². The molecule has 0 aliphatic carbocycles. The highest BCUT2D eigenvalue weighted by Crippen LogP contribution is 2.22. The van der Waals surface area contributed by atoms with Crippen LogP contribution >= 0.6 is 0 Å². The standard InChI is InChI=1S/C22H21N3O4/c1-27-18-6-4-16(5-7-18)21-12-17(8-9-23-21)22(26)25-24-14-15-10-19(28-2)13-20(11-15)29-3/h4-14H,1-3H3,(H,25,26)/b24-14+. The third kappa shape index (κ3) is 5.10. The minimum atomic E-state index is -0.340. The number of aromatic nitrogens is 1. The largest absolute Gasteiger partial charge is 0.497 e. The van der Waals surface area contributed by atoms with Crippen LogP contribution in [0.1, 0.15) is 15.9 Å². The molecule has 2 aromatic carbocycles. The second-order valence-electron chi connectivity index (χ2n) is 6.00. The molecule has 29 heavy (non-hydrogen) atoms. The van der Waals surface area contributed by atoms with Gasteiger partial charge in [0.15, 0.2) is 0 Å². The van der Waals surface area contributed by atoms with Gasteiger partial charge < -0.3 is 14.2 Å². The van der Waals surface area contributed by atoms with Crippen molar-refractivity contribution in [3.63, 3.8) is 0 Å². The number of hydrogen-bond donors (Lipinski definition) is 1. The van der Waals surface area contributed by atoms with Gasteiger partial charge in [0.05, 0.1) is 33.2 Å². The van der Waals surface area contributed by atoms with Gasteiger partial charge in [-0.3, -0.25) is 9.78 Å². The first-order valence-electron chi connectivity index (χ1n) is 8.80. The SMILES string of the molecule is COc1ccc(-c2cc(C(=O)N/N=C/c3cc(OC)cc(OC)c3)ccn2)cc1. The number of rotatable bonds is 7. The van der Waals surface area contributed by atoms with E-state index in [1.54, 1.807) is 57.9 Å². The first-order valence-corrected chi connectivity index (χ1v) is 8.80. The van der Waals surface area contributed by atoms with Crippen LogP contribution in [0.5, 0.6) is 17.2 Å². The molecule has 0 aliphatic rings. The molecule has 0 saturated carbocycles. The maximum atomic E-state index is 12.4. The minimum absolute atomic E-state index is 0.340. The zero-order chi connectivity index (χ0) is 20.6. The van der Waals surface area contributed by atoms with Gasteiger partial charge in [-0.15, -0.1) is 0 Å². The summed E-state index contributed by atoms with van der Waals surface area (Å²) in [5, 5.41) is 4.02. The molecule has 0 spiro atoms. The van der Waals surface area contributed by atoms with Crippen molar-refractivity contribution >= 4 is 12.1 Å². The van der Waals surface area contributed by atoms with Gasteiger partial charge in [-0.25, -0.2) is 5.43 Å². The molecule has 148 valence electrons. The minimum Gasteiger partial charge on any atom is -0.497 e. The number of nitrogens with zero attached hydrogens (tertiary/aromatic N) is 2. The number of ether oxygens (including phenoxy) is 3. The summed E-state index contributed by atoms with van der Waals surface area (Å²) in [6.45, 7) is 0. The molecule has 3 aromatic rings. The lowest BCUT2D eigenvalue weighted by Gasteiger charge is -2.06. The van der Waals surface area contributed by atoms with E-state index in [9.17, 15) is 4.79 Å². The predicted molar refractivity (Wildman–Crippen MR) is 111 cm³/mol. The van der Waals surface area contributed by atoms with E-state index in [1.165, 1.54) is 6.21 Å². The smallest absolute Gasteiger partial charge is 0.271 e. The monoisotopic (exact) mass is 391 g/mol. The molecule has 0 radical (unpaired) electrons. The average molecular weight is 391 g/mol. The Bertz CT molecular complexity index is 995. The van der Waals surface area contributed by atoms with Crippen molar-refractivity contribution in [3.8, 4) is 28.5 Å². The Morgan fingerprint density at radius 2 is 1.55 bits per heavy atom. The van der Waals surface area contributed by atoms with Crippen LogP contribution in [-0.2, 0) is 0 Å². The van der Waals surface area contributed by atoms with Crippen LogP contribution in [0.15, 0.2) is 65.9 Å². The summed E-state index contributed by atoms with van der Waals surface area (Å²) in [7, 11) is 4.75. The Kier molecular flexibility index (Phi) is 6.42. The Balaban J connectivity index is 1.72. The lowest BCUT2D eigenvalue weighted by molar-refractivity contribution is 0.0955.